The van der Waals surface area contributed by atoms with Gasteiger partial charge in [-0.25, -0.2) is 0 Å². The monoisotopic (exact) mass is 262 g/mol. The van der Waals surface area contributed by atoms with Crippen molar-refractivity contribution >= 4 is 10.9 Å². The molecule has 0 atom stereocenters. The summed E-state index contributed by atoms with van der Waals surface area (Å²) in [4.78, 5) is 0. The summed E-state index contributed by atoms with van der Waals surface area (Å²) in [6.45, 7) is 0.838. The van der Waals surface area contributed by atoms with Crippen molar-refractivity contribution in [3.63, 3.8) is 0 Å². The van der Waals surface area contributed by atoms with Gasteiger partial charge in [-0.15, -0.1) is 0 Å². The molecule has 3 heteroatoms. The number of nitriles is 1. The SMILES string of the molecule is N#Cc1ccc(Cn2ccc3cc(CO)ccc32)cc1. The minimum absolute atomic E-state index is 0.0662. The quantitative estimate of drug-likeness (QED) is 0.788. The van der Waals surface area contributed by atoms with Gasteiger partial charge in [-0.1, -0.05) is 18.2 Å². The Labute approximate surface area is 117 Å². The lowest BCUT2D eigenvalue weighted by atomic mass is 10.1. The fourth-order valence-electron chi connectivity index (χ4n) is 2.37. The van der Waals surface area contributed by atoms with E-state index in [1.807, 2.05) is 48.7 Å². The van der Waals surface area contributed by atoms with E-state index in [4.69, 9.17) is 10.4 Å². The number of aliphatic hydroxyl groups excluding tert-OH is 1. The summed E-state index contributed by atoms with van der Waals surface area (Å²) in [6.07, 6.45) is 2.05. The molecular weight excluding hydrogens is 248 g/mol. The summed E-state index contributed by atoms with van der Waals surface area (Å²) in [7, 11) is 0. The highest BCUT2D eigenvalue weighted by atomic mass is 16.3. The molecule has 0 amide bonds. The Balaban J connectivity index is 1.92. The van der Waals surface area contributed by atoms with E-state index in [0.717, 1.165) is 28.6 Å². The minimum Gasteiger partial charge on any atom is -0.392 e. The van der Waals surface area contributed by atoms with Gasteiger partial charge in [-0.05, 0) is 46.8 Å². The normalized spacial score (nSPS) is 10.6. The van der Waals surface area contributed by atoms with Gasteiger partial charge < -0.3 is 9.67 Å². The molecule has 0 aliphatic heterocycles. The first-order chi connectivity index (χ1) is 9.80. The Bertz CT molecular complexity index is 779. The van der Waals surface area contributed by atoms with E-state index in [1.165, 1.54) is 0 Å². The Hall–Kier alpha value is -2.57. The van der Waals surface area contributed by atoms with E-state index in [9.17, 15) is 0 Å². The predicted molar refractivity (Wildman–Crippen MR) is 78.1 cm³/mol. The number of benzene rings is 2. The summed E-state index contributed by atoms with van der Waals surface area (Å²) in [5.41, 5.74) is 3.91. The second-order valence-electron chi connectivity index (χ2n) is 4.80. The molecule has 0 aliphatic rings. The van der Waals surface area contributed by atoms with Gasteiger partial charge in [0.1, 0.15) is 0 Å². The average Bonchev–Trinajstić information content (AvgIpc) is 2.90. The standard InChI is InChI=1S/C17H14N2O/c18-10-13-1-3-14(4-2-13)11-19-8-7-16-9-15(12-20)5-6-17(16)19/h1-9,20H,11-12H2. The molecule has 3 nitrogen and oxygen atoms in total. The lowest BCUT2D eigenvalue weighted by molar-refractivity contribution is 0.282. The molecule has 0 radical (unpaired) electrons. The Morgan fingerprint density at radius 3 is 2.45 bits per heavy atom. The molecule has 0 saturated carbocycles. The van der Waals surface area contributed by atoms with Crippen LogP contribution in [0.15, 0.2) is 54.7 Å². The summed E-state index contributed by atoms with van der Waals surface area (Å²) < 4.78 is 2.16. The number of nitrogens with zero attached hydrogens (tertiary/aromatic N) is 2. The molecule has 0 fully saturated rings. The maximum Gasteiger partial charge on any atom is 0.0991 e. The first-order valence-corrected chi connectivity index (χ1v) is 6.48. The topological polar surface area (TPSA) is 49.0 Å². The second kappa shape index (κ2) is 5.20. The van der Waals surface area contributed by atoms with Crippen LogP contribution >= 0.6 is 0 Å². The number of aromatic nitrogens is 1. The largest absolute Gasteiger partial charge is 0.392 e. The van der Waals surface area contributed by atoms with Crippen LogP contribution in [0.1, 0.15) is 16.7 Å². The van der Waals surface area contributed by atoms with Crippen LogP contribution in [0.25, 0.3) is 10.9 Å². The van der Waals surface area contributed by atoms with E-state index in [1.54, 1.807) is 0 Å². The maximum atomic E-state index is 9.16. The van der Waals surface area contributed by atoms with Crippen molar-refractivity contribution in [2.24, 2.45) is 0 Å². The predicted octanol–water partition coefficient (Wildman–Crippen LogP) is 3.05. The van der Waals surface area contributed by atoms with Crippen molar-refractivity contribution in [2.75, 3.05) is 0 Å². The number of hydrogen-bond acceptors (Lipinski definition) is 2. The molecule has 98 valence electrons. The van der Waals surface area contributed by atoms with Gasteiger partial charge in [0, 0.05) is 18.3 Å². The zero-order valence-electron chi connectivity index (χ0n) is 11.0. The molecular formula is C17H14N2O. The third-order valence-corrected chi connectivity index (χ3v) is 3.45. The summed E-state index contributed by atoms with van der Waals surface area (Å²) in [5.74, 6) is 0. The van der Waals surface area contributed by atoms with Gasteiger partial charge in [0.2, 0.25) is 0 Å². The van der Waals surface area contributed by atoms with Crippen LogP contribution in [-0.4, -0.2) is 9.67 Å². The summed E-state index contributed by atoms with van der Waals surface area (Å²) in [5, 5.41) is 19.1. The lowest BCUT2D eigenvalue weighted by Gasteiger charge is -2.06. The minimum atomic E-state index is 0.0662. The van der Waals surface area contributed by atoms with Crippen LogP contribution in [0, 0.1) is 11.3 Å². The van der Waals surface area contributed by atoms with Crippen LogP contribution in [-0.2, 0) is 13.2 Å². The maximum absolute atomic E-state index is 9.16. The fraction of sp³-hybridized carbons (Fsp3) is 0.118. The molecule has 0 unspecified atom stereocenters. The Morgan fingerprint density at radius 1 is 1.00 bits per heavy atom. The zero-order chi connectivity index (χ0) is 13.9. The molecule has 0 spiro atoms. The van der Waals surface area contributed by atoms with Gasteiger partial charge in [0.25, 0.3) is 0 Å². The summed E-state index contributed by atoms with van der Waals surface area (Å²) >= 11 is 0. The van der Waals surface area contributed by atoms with E-state index in [2.05, 4.69) is 16.7 Å². The van der Waals surface area contributed by atoms with Gasteiger partial charge in [-0.2, -0.15) is 5.26 Å². The van der Waals surface area contributed by atoms with Crippen molar-refractivity contribution in [3.8, 4) is 6.07 Å². The molecule has 20 heavy (non-hydrogen) atoms. The van der Waals surface area contributed by atoms with Gasteiger partial charge >= 0.3 is 0 Å². The highest BCUT2D eigenvalue weighted by molar-refractivity contribution is 5.81. The molecule has 2 aromatic carbocycles. The van der Waals surface area contributed by atoms with Crippen LogP contribution in [0.5, 0.6) is 0 Å². The highest BCUT2D eigenvalue weighted by Gasteiger charge is 2.03. The van der Waals surface area contributed by atoms with E-state index < -0.39 is 0 Å². The number of hydrogen-bond donors (Lipinski definition) is 1. The first-order valence-electron chi connectivity index (χ1n) is 6.48. The van der Waals surface area contributed by atoms with Gasteiger partial charge in [0.15, 0.2) is 0 Å². The Kier molecular flexibility index (Phi) is 3.24. The van der Waals surface area contributed by atoms with Crippen molar-refractivity contribution in [1.82, 2.24) is 4.57 Å². The van der Waals surface area contributed by atoms with Gasteiger partial charge in [0.05, 0.1) is 18.2 Å². The van der Waals surface area contributed by atoms with E-state index in [-0.39, 0.29) is 6.61 Å². The molecule has 0 aliphatic carbocycles. The second-order valence-corrected chi connectivity index (χ2v) is 4.80. The number of fused-ring (bicyclic) bond motifs is 1. The lowest BCUT2D eigenvalue weighted by Crippen LogP contribution is -1.97. The molecule has 3 aromatic rings. The number of rotatable bonds is 3. The van der Waals surface area contributed by atoms with E-state index >= 15 is 0 Å². The van der Waals surface area contributed by atoms with Crippen LogP contribution in [0.3, 0.4) is 0 Å². The Morgan fingerprint density at radius 2 is 1.75 bits per heavy atom. The third-order valence-electron chi connectivity index (χ3n) is 3.45. The number of aliphatic hydroxyl groups is 1. The molecule has 1 aromatic heterocycles. The fourth-order valence-corrected chi connectivity index (χ4v) is 2.37. The highest BCUT2D eigenvalue weighted by Crippen LogP contribution is 2.19. The first kappa shape index (κ1) is 12.5. The van der Waals surface area contributed by atoms with Gasteiger partial charge in [-0.3, -0.25) is 0 Å². The van der Waals surface area contributed by atoms with Crippen molar-refractivity contribution < 1.29 is 5.11 Å². The van der Waals surface area contributed by atoms with Crippen LogP contribution in [0.2, 0.25) is 0 Å². The zero-order valence-corrected chi connectivity index (χ0v) is 11.0. The van der Waals surface area contributed by atoms with E-state index in [0.29, 0.717) is 5.56 Å². The molecule has 3 rings (SSSR count). The third kappa shape index (κ3) is 2.29. The molecule has 0 saturated heterocycles. The average molecular weight is 262 g/mol. The molecule has 1 heterocycles. The summed E-state index contributed by atoms with van der Waals surface area (Å²) in [6, 6.07) is 17.8. The molecule has 0 bridgehead atoms. The van der Waals surface area contributed by atoms with Crippen molar-refractivity contribution in [2.45, 2.75) is 13.2 Å². The smallest absolute Gasteiger partial charge is 0.0991 e. The molecule has 1 N–H and O–H groups in total. The van der Waals surface area contributed by atoms with Crippen LogP contribution < -0.4 is 0 Å². The van der Waals surface area contributed by atoms with Crippen molar-refractivity contribution in [1.29, 1.82) is 5.26 Å². The van der Waals surface area contributed by atoms with Crippen LogP contribution in [0.4, 0.5) is 0 Å². The van der Waals surface area contributed by atoms with Crippen molar-refractivity contribution in [3.05, 3.63) is 71.4 Å².